The standard InChI is InChI=1S/C6HF9O2/c7-3(17)1(5(10,11)12)2(16)4(8,9)6(13,14)15/h16H/b2-1+. The van der Waals surface area contributed by atoms with E-state index < -0.39 is 35.6 Å². The van der Waals surface area contributed by atoms with Crippen molar-refractivity contribution in [3.8, 4) is 0 Å². The summed E-state index contributed by atoms with van der Waals surface area (Å²) in [7, 11) is 0. The highest BCUT2D eigenvalue weighted by molar-refractivity contribution is 5.89. The van der Waals surface area contributed by atoms with Gasteiger partial charge in [-0.1, -0.05) is 0 Å². The van der Waals surface area contributed by atoms with Crippen molar-refractivity contribution in [3.05, 3.63) is 11.3 Å². The average Bonchev–Trinajstić information content (AvgIpc) is 1.97. The quantitative estimate of drug-likeness (QED) is 0.364. The molecule has 0 heterocycles. The van der Waals surface area contributed by atoms with Gasteiger partial charge >= 0.3 is 24.3 Å². The molecule has 0 aromatic heterocycles. The molecule has 0 unspecified atom stereocenters. The highest BCUT2D eigenvalue weighted by atomic mass is 19.4. The molecule has 0 aliphatic carbocycles. The molecule has 0 spiro atoms. The zero-order valence-electron chi connectivity index (χ0n) is 7.26. The van der Waals surface area contributed by atoms with Crippen molar-refractivity contribution in [2.24, 2.45) is 0 Å². The van der Waals surface area contributed by atoms with E-state index in [-0.39, 0.29) is 0 Å². The third-order valence-electron chi connectivity index (χ3n) is 1.37. The Bertz CT molecular complexity index is 347. The molecule has 17 heavy (non-hydrogen) atoms. The highest BCUT2D eigenvalue weighted by Gasteiger charge is 2.64. The number of alkyl halides is 8. The van der Waals surface area contributed by atoms with E-state index in [0.717, 1.165) is 0 Å². The lowest BCUT2D eigenvalue weighted by atomic mass is 10.1. The molecule has 0 saturated carbocycles. The van der Waals surface area contributed by atoms with Crippen molar-refractivity contribution >= 4 is 6.04 Å². The maximum atomic E-state index is 12.2. The van der Waals surface area contributed by atoms with Gasteiger partial charge in [-0.3, -0.25) is 4.79 Å². The van der Waals surface area contributed by atoms with Crippen molar-refractivity contribution in [1.82, 2.24) is 0 Å². The van der Waals surface area contributed by atoms with Gasteiger partial charge in [0.15, 0.2) is 11.3 Å². The summed E-state index contributed by atoms with van der Waals surface area (Å²) in [5.74, 6) is -10.1. The highest BCUT2D eigenvalue weighted by Crippen LogP contribution is 2.43. The van der Waals surface area contributed by atoms with Gasteiger partial charge in [-0.2, -0.15) is 39.5 Å². The Kier molecular flexibility index (Phi) is 3.77. The van der Waals surface area contributed by atoms with E-state index in [9.17, 15) is 44.3 Å². The first-order valence-corrected chi connectivity index (χ1v) is 3.38. The van der Waals surface area contributed by atoms with Crippen LogP contribution in [-0.2, 0) is 4.79 Å². The summed E-state index contributed by atoms with van der Waals surface area (Å²) >= 11 is 0. The van der Waals surface area contributed by atoms with Crippen molar-refractivity contribution in [2.45, 2.75) is 18.3 Å². The zero-order chi connectivity index (χ0) is 14.2. The molecule has 11 heteroatoms. The predicted molar refractivity (Wildman–Crippen MR) is 32.8 cm³/mol. The van der Waals surface area contributed by atoms with Gasteiger partial charge in [0.1, 0.15) is 0 Å². The summed E-state index contributed by atoms with van der Waals surface area (Å²) in [6.07, 6.45) is -12.8. The van der Waals surface area contributed by atoms with Gasteiger partial charge in [0.05, 0.1) is 0 Å². The van der Waals surface area contributed by atoms with Crippen LogP contribution in [0.25, 0.3) is 0 Å². The summed E-state index contributed by atoms with van der Waals surface area (Å²) in [6.45, 7) is 0. The number of aliphatic hydroxyl groups is 1. The normalized spacial score (nSPS) is 15.6. The van der Waals surface area contributed by atoms with Crippen LogP contribution >= 0.6 is 0 Å². The number of rotatable bonds is 2. The molecule has 0 saturated heterocycles. The van der Waals surface area contributed by atoms with Gasteiger partial charge < -0.3 is 5.11 Å². The van der Waals surface area contributed by atoms with Crippen LogP contribution in [0.3, 0.4) is 0 Å². The van der Waals surface area contributed by atoms with Crippen LogP contribution in [0.5, 0.6) is 0 Å². The summed E-state index contributed by atoms with van der Waals surface area (Å²) in [5.41, 5.74) is -3.60. The van der Waals surface area contributed by atoms with E-state index in [1.54, 1.807) is 0 Å². The number of halogens is 9. The van der Waals surface area contributed by atoms with E-state index in [1.807, 2.05) is 0 Å². The third-order valence-corrected chi connectivity index (χ3v) is 1.37. The van der Waals surface area contributed by atoms with Gasteiger partial charge in [-0.25, -0.2) is 0 Å². The number of carbonyl (C=O) groups excluding carboxylic acids is 1. The Hall–Kier alpha value is -1.42. The van der Waals surface area contributed by atoms with Crippen molar-refractivity contribution in [3.63, 3.8) is 0 Å². The SMILES string of the molecule is O=C(F)/C(=C(\O)C(F)(F)C(F)(F)F)C(F)(F)F. The van der Waals surface area contributed by atoms with Gasteiger partial charge in [0.2, 0.25) is 0 Å². The molecule has 2 nitrogen and oxygen atoms in total. The molecule has 0 aromatic carbocycles. The molecule has 0 aliphatic heterocycles. The first kappa shape index (κ1) is 15.6. The lowest BCUT2D eigenvalue weighted by molar-refractivity contribution is -0.276. The van der Waals surface area contributed by atoms with Gasteiger partial charge in [0.25, 0.3) is 0 Å². The van der Waals surface area contributed by atoms with Crippen LogP contribution in [-0.4, -0.2) is 29.4 Å². The smallest absolute Gasteiger partial charge is 0.461 e. The minimum absolute atomic E-state index is 3.60. The second-order valence-electron chi connectivity index (χ2n) is 2.57. The van der Waals surface area contributed by atoms with Crippen molar-refractivity contribution < 1.29 is 49.4 Å². The maximum Gasteiger partial charge on any atom is 0.461 e. The molecule has 0 rings (SSSR count). The largest absolute Gasteiger partial charge is 0.505 e. The Morgan fingerprint density at radius 3 is 1.41 bits per heavy atom. The Morgan fingerprint density at radius 2 is 1.24 bits per heavy atom. The number of allylic oxidation sites excluding steroid dienone is 2. The predicted octanol–water partition coefficient (Wildman–Crippen LogP) is 3.05. The first-order chi connectivity index (χ1) is 7.23. The van der Waals surface area contributed by atoms with E-state index in [2.05, 4.69) is 0 Å². The fraction of sp³-hybridized carbons (Fsp3) is 0.500. The number of carbonyl (C=O) groups is 1. The van der Waals surface area contributed by atoms with Crippen LogP contribution in [0.4, 0.5) is 39.5 Å². The van der Waals surface area contributed by atoms with Crippen LogP contribution < -0.4 is 0 Å². The van der Waals surface area contributed by atoms with Gasteiger partial charge in [-0.05, 0) is 0 Å². The zero-order valence-corrected chi connectivity index (χ0v) is 7.26. The number of hydrogen-bond acceptors (Lipinski definition) is 2. The van der Waals surface area contributed by atoms with Crippen molar-refractivity contribution in [1.29, 1.82) is 0 Å². The summed E-state index contributed by atoms with van der Waals surface area (Å²) in [4.78, 5) is 9.70. The monoisotopic (exact) mass is 276 g/mol. The first-order valence-electron chi connectivity index (χ1n) is 3.38. The minimum atomic E-state index is -6.61. The second kappa shape index (κ2) is 4.11. The van der Waals surface area contributed by atoms with E-state index in [1.165, 1.54) is 0 Å². The van der Waals surface area contributed by atoms with Crippen LogP contribution in [0.2, 0.25) is 0 Å². The van der Waals surface area contributed by atoms with Crippen LogP contribution in [0, 0.1) is 0 Å². The molecule has 0 bridgehead atoms. The second-order valence-corrected chi connectivity index (χ2v) is 2.57. The number of hydrogen-bond donors (Lipinski definition) is 1. The molecule has 0 fully saturated rings. The van der Waals surface area contributed by atoms with E-state index in [4.69, 9.17) is 5.11 Å². The molecule has 0 aromatic rings. The summed E-state index contributed by atoms with van der Waals surface area (Å²) in [5, 5.41) is 8.11. The molecule has 0 aliphatic rings. The summed E-state index contributed by atoms with van der Waals surface area (Å²) in [6, 6.07) is -3.65. The van der Waals surface area contributed by atoms with Crippen LogP contribution in [0.15, 0.2) is 11.3 Å². The lowest BCUT2D eigenvalue weighted by Crippen LogP contribution is -2.41. The fourth-order valence-corrected chi connectivity index (χ4v) is 0.630. The molecular formula is C6HF9O2. The molecule has 0 atom stereocenters. The lowest BCUT2D eigenvalue weighted by Gasteiger charge is -2.20. The van der Waals surface area contributed by atoms with Gasteiger partial charge in [0, 0.05) is 0 Å². The Balaban J connectivity index is 5.94. The fourth-order valence-electron chi connectivity index (χ4n) is 0.630. The average molecular weight is 276 g/mol. The molecule has 1 N–H and O–H groups in total. The molecular weight excluding hydrogens is 275 g/mol. The van der Waals surface area contributed by atoms with E-state index in [0.29, 0.717) is 0 Å². The topological polar surface area (TPSA) is 37.3 Å². The Morgan fingerprint density at radius 1 is 0.882 bits per heavy atom. The molecule has 100 valence electrons. The molecule has 0 radical (unpaired) electrons. The number of aliphatic hydroxyl groups excluding tert-OH is 1. The Labute approximate surface area is 86.3 Å². The summed E-state index contributed by atoms with van der Waals surface area (Å²) < 4.78 is 106. The minimum Gasteiger partial charge on any atom is -0.505 e. The van der Waals surface area contributed by atoms with Gasteiger partial charge in [-0.15, -0.1) is 0 Å². The molecule has 0 amide bonds. The van der Waals surface area contributed by atoms with Crippen LogP contribution in [0.1, 0.15) is 0 Å². The van der Waals surface area contributed by atoms with Crippen molar-refractivity contribution in [2.75, 3.05) is 0 Å². The maximum absolute atomic E-state index is 12.2. The van der Waals surface area contributed by atoms with E-state index >= 15 is 0 Å². The third kappa shape index (κ3) is 3.03.